The number of hydrogen-bond acceptors (Lipinski definition) is 4. The Morgan fingerprint density at radius 3 is 2.68 bits per heavy atom. The van der Waals surface area contributed by atoms with Crippen molar-refractivity contribution < 1.29 is 9.18 Å². The molecule has 0 atom stereocenters. The van der Waals surface area contributed by atoms with Crippen molar-refractivity contribution in [3.8, 4) is 11.1 Å². The van der Waals surface area contributed by atoms with Crippen molar-refractivity contribution in [2.75, 3.05) is 18.4 Å². The number of aromatic nitrogens is 3. The fourth-order valence-electron chi connectivity index (χ4n) is 4.04. The number of nitrogens with zero attached hydrogens (tertiary/aromatic N) is 3. The van der Waals surface area contributed by atoms with E-state index in [0.717, 1.165) is 19.6 Å². The number of carbonyl (C=O) groups excluding carboxylic acids is 1. The third-order valence-electron chi connectivity index (χ3n) is 5.66. The largest absolute Gasteiger partial charge is 0.321 e. The minimum Gasteiger partial charge on any atom is -0.321 e. The predicted molar refractivity (Wildman–Crippen MR) is 118 cm³/mol. The molecule has 2 N–H and O–H groups in total. The third kappa shape index (κ3) is 4.04. The lowest BCUT2D eigenvalue weighted by Crippen LogP contribution is -2.18. The van der Waals surface area contributed by atoms with Crippen LogP contribution in [0, 0.1) is 5.95 Å². The molecule has 1 saturated heterocycles. The quantitative estimate of drug-likeness (QED) is 0.467. The maximum atomic E-state index is 14.1. The molecule has 4 aromatic rings. The Hall–Kier alpha value is -3.58. The van der Waals surface area contributed by atoms with Crippen LogP contribution in [0.15, 0.2) is 60.8 Å². The molecule has 5 rings (SSSR count). The topological polar surface area (TPSA) is 73.9 Å². The highest BCUT2D eigenvalue weighted by molar-refractivity contribution is 6.11. The molecule has 0 bridgehead atoms. The smallest absolute Gasteiger partial charge is 0.276 e. The van der Waals surface area contributed by atoms with Gasteiger partial charge in [-0.05, 0) is 73.5 Å². The Morgan fingerprint density at radius 2 is 1.90 bits per heavy atom. The monoisotopic (exact) mass is 415 g/mol. The lowest BCUT2D eigenvalue weighted by atomic mass is 10.0. The number of fused-ring (bicyclic) bond motifs is 1. The van der Waals surface area contributed by atoms with Crippen molar-refractivity contribution in [2.24, 2.45) is 0 Å². The lowest BCUT2D eigenvalue weighted by Gasteiger charge is -2.14. The van der Waals surface area contributed by atoms with Crippen LogP contribution in [0.2, 0.25) is 0 Å². The van der Waals surface area contributed by atoms with Gasteiger partial charge in [0.15, 0.2) is 5.69 Å². The molecule has 0 spiro atoms. The standard InChI is InChI=1S/C24H22FN5O/c25-23-19(4-3-11-26-23)17-7-10-21-20(14-17)22(29-28-21)24(31)27-18-8-5-16(6-9-18)15-30-12-1-2-13-30/h3-11,14H,1-2,12-13,15H2,(H,27,31)(H,28,29). The van der Waals surface area contributed by atoms with E-state index in [4.69, 9.17) is 0 Å². The molecule has 156 valence electrons. The first kappa shape index (κ1) is 19.4. The minimum atomic E-state index is -0.551. The summed E-state index contributed by atoms with van der Waals surface area (Å²) in [7, 11) is 0. The summed E-state index contributed by atoms with van der Waals surface area (Å²) in [5.41, 5.74) is 3.93. The van der Waals surface area contributed by atoms with E-state index in [1.54, 1.807) is 30.3 Å². The van der Waals surface area contributed by atoms with Gasteiger partial charge < -0.3 is 5.32 Å². The van der Waals surface area contributed by atoms with Crippen molar-refractivity contribution in [1.29, 1.82) is 0 Å². The van der Waals surface area contributed by atoms with Gasteiger partial charge in [0.05, 0.1) is 5.52 Å². The van der Waals surface area contributed by atoms with Gasteiger partial charge in [-0.15, -0.1) is 0 Å². The van der Waals surface area contributed by atoms with Gasteiger partial charge >= 0.3 is 0 Å². The molecule has 0 unspecified atom stereocenters. The Labute approximate surface area is 179 Å². The molecule has 31 heavy (non-hydrogen) atoms. The molecule has 6 nitrogen and oxygen atoms in total. The summed E-state index contributed by atoms with van der Waals surface area (Å²) in [6.07, 6.45) is 3.94. The summed E-state index contributed by atoms with van der Waals surface area (Å²) in [6, 6.07) is 16.6. The highest BCUT2D eigenvalue weighted by Gasteiger charge is 2.17. The normalized spacial score (nSPS) is 14.2. The fourth-order valence-corrected chi connectivity index (χ4v) is 4.04. The molecule has 2 aromatic heterocycles. The number of benzene rings is 2. The Balaban J connectivity index is 1.36. The van der Waals surface area contributed by atoms with Crippen LogP contribution >= 0.6 is 0 Å². The van der Waals surface area contributed by atoms with Gasteiger partial charge in [0.1, 0.15) is 0 Å². The van der Waals surface area contributed by atoms with Crippen LogP contribution in [-0.2, 0) is 6.54 Å². The number of aromatic amines is 1. The summed E-state index contributed by atoms with van der Waals surface area (Å²) in [5, 5.41) is 10.6. The Bertz CT molecular complexity index is 1230. The highest BCUT2D eigenvalue weighted by atomic mass is 19.1. The zero-order valence-electron chi connectivity index (χ0n) is 16.9. The second-order valence-corrected chi connectivity index (χ2v) is 7.81. The number of H-pyrrole nitrogens is 1. The fraction of sp³-hybridized carbons (Fsp3) is 0.208. The number of likely N-dealkylation sites (tertiary alicyclic amines) is 1. The number of anilines is 1. The molecule has 1 amide bonds. The second-order valence-electron chi connectivity index (χ2n) is 7.81. The number of rotatable bonds is 5. The maximum Gasteiger partial charge on any atom is 0.276 e. The predicted octanol–water partition coefficient (Wildman–Crippen LogP) is 4.61. The lowest BCUT2D eigenvalue weighted by molar-refractivity contribution is 0.102. The van der Waals surface area contributed by atoms with E-state index in [1.807, 2.05) is 24.3 Å². The Morgan fingerprint density at radius 1 is 1.10 bits per heavy atom. The zero-order chi connectivity index (χ0) is 21.2. The van der Waals surface area contributed by atoms with Crippen LogP contribution < -0.4 is 5.32 Å². The van der Waals surface area contributed by atoms with Gasteiger partial charge in [0.25, 0.3) is 5.91 Å². The molecular formula is C24H22FN5O. The summed E-state index contributed by atoms with van der Waals surface area (Å²) in [4.78, 5) is 19.0. The molecule has 1 aliphatic heterocycles. The summed E-state index contributed by atoms with van der Waals surface area (Å²) < 4.78 is 14.1. The summed E-state index contributed by atoms with van der Waals surface area (Å²) >= 11 is 0. The summed E-state index contributed by atoms with van der Waals surface area (Å²) in [5.74, 6) is -0.868. The van der Waals surface area contributed by atoms with Crippen LogP contribution in [0.4, 0.5) is 10.1 Å². The molecule has 0 radical (unpaired) electrons. The maximum absolute atomic E-state index is 14.1. The third-order valence-corrected chi connectivity index (χ3v) is 5.66. The highest BCUT2D eigenvalue weighted by Crippen LogP contribution is 2.27. The first-order valence-electron chi connectivity index (χ1n) is 10.4. The van der Waals surface area contributed by atoms with Crippen LogP contribution in [0.1, 0.15) is 28.9 Å². The van der Waals surface area contributed by atoms with E-state index in [1.165, 1.54) is 24.6 Å². The van der Waals surface area contributed by atoms with Crippen molar-refractivity contribution in [2.45, 2.75) is 19.4 Å². The average molecular weight is 415 g/mol. The van der Waals surface area contributed by atoms with Crippen LogP contribution in [0.3, 0.4) is 0 Å². The molecule has 7 heteroatoms. The van der Waals surface area contributed by atoms with E-state index in [-0.39, 0.29) is 11.6 Å². The van der Waals surface area contributed by atoms with Gasteiger partial charge in [-0.2, -0.15) is 9.49 Å². The van der Waals surface area contributed by atoms with Crippen molar-refractivity contribution in [3.05, 3.63) is 78.0 Å². The van der Waals surface area contributed by atoms with Crippen molar-refractivity contribution >= 4 is 22.5 Å². The first-order valence-corrected chi connectivity index (χ1v) is 10.4. The molecule has 3 heterocycles. The summed E-state index contributed by atoms with van der Waals surface area (Å²) in [6.45, 7) is 3.23. The Kier molecular flexibility index (Phi) is 5.18. The zero-order valence-corrected chi connectivity index (χ0v) is 16.9. The van der Waals surface area contributed by atoms with E-state index in [0.29, 0.717) is 27.7 Å². The van der Waals surface area contributed by atoms with E-state index in [9.17, 15) is 9.18 Å². The van der Waals surface area contributed by atoms with Crippen molar-refractivity contribution in [3.63, 3.8) is 0 Å². The van der Waals surface area contributed by atoms with Crippen LogP contribution in [0.25, 0.3) is 22.0 Å². The molecule has 0 saturated carbocycles. The number of hydrogen-bond donors (Lipinski definition) is 2. The van der Waals surface area contributed by atoms with E-state index in [2.05, 4.69) is 25.4 Å². The molecular weight excluding hydrogens is 393 g/mol. The molecule has 1 aliphatic rings. The average Bonchev–Trinajstić information content (AvgIpc) is 3.45. The second kappa shape index (κ2) is 8.28. The van der Waals surface area contributed by atoms with Gasteiger partial charge in [-0.1, -0.05) is 18.2 Å². The number of pyridine rings is 1. The SMILES string of the molecule is O=C(Nc1ccc(CN2CCCC2)cc1)c1n[nH]c2ccc(-c3cccnc3F)cc12. The van der Waals surface area contributed by atoms with Gasteiger partial charge in [0, 0.05) is 29.4 Å². The number of halogens is 1. The minimum absolute atomic E-state index is 0.266. The first-order chi connectivity index (χ1) is 15.2. The van der Waals surface area contributed by atoms with Crippen LogP contribution in [-0.4, -0.2) is 39.1 Å². The van der Waals surface area contributed by atoms with E-state index < -0.39 is 5.95 Å². The van der Waals surface area contributed by atoms with Gasteiger partial charge in [0.2, 0.25) is 5.95 Å². The van der Waals surface area contributed by atoms with Crippen LogP contribution in [0.5, 0.6) is 0 Å². The molecule has 0 aliphatic carbocycles. The van der Waals surface area contributed by atoms with Gasteiger partial charge in [-0.3, -0.25) is 14.8 Å². The number of nitrogens with one attached hydrogen (secondary N) is 2. The van der Waals surface area contributed by atoms with Gasteiger partial charge in [-0.25, -0.2) is 4.98 Å². The number of carbonyl (C=O) groups is 1. The number of amides is 1. The molecule has 2 aromatic carbocycles. The van der Waals surface area contributed by atoms with Crippen molar-refractivity contribution in [1.82, 2.24) is 20.1 Å². The molecule has 1 fully saturated rings. The van der Waals surface area contributed by atoms with E-state index >= 15 is 0 Å².